The summed E-state index contributed by atoms with van der Waals surface area (Å²) < 4.78 is 1.09. The maximum absolute atomic E-state index is 12.6. The predicted molar refractivity (Wildman–Crippen MR) is 117 cm³/mol. The number of unbranched alkanes of at least 4 members (excludes halogenated alkanes) is 1. The Labute approximate surface area is 176 Å². The van der Waals surface area contributed by atoms with Gasteiger partial charge >= 0.3 is 0 Å². The molecule has 2 aromatic carbocycles. The van der Waals surface area contributed by atoms with Gasteiger partial charge in [-0.2, -0.15) is 0 Å². The van der Waals surface area contributed by atoms with Crippen LogP contribution in [-0.4, -0.2) is 42.3 Å². The van der Waals surface area contributed by atoms with Gasteiger partial charge in [-0.3, -0.25) is 9.59 Å². The van der Waals surface area contributed by atoms with E-state index >= 15 is 0 Å². The van der Waals surface area contributed by atoms with E-state index in [4.69, 9.17) is 0 Å². The van der Waals surface area contributed by atoms with Gasteiger partial charge in [0, 0.05) is 43.6 Å². The highest BCUT2D eigenvalue weighted by Gasteiger charge is 2.13. The van der Waals surface area contributed by atoms with Crippen LogP contribution in [0.3, 0.4) is 0 Å². The summed E-state index contributed by atoms with van der Waals surface area (Å²) in [5, 5.41) is 0. The predicted octanol–water partition coefficient (Wildman–Crippen LogP) is 4.91. The Kier molecular flexibility index (Phi) is 8.71. The number of nitrogens with zero attached hydrogens (tertiary/aromatic N) is 2. The van der Waals surface area contributed by atoms with Gasteiger partial charge in [0.1, 0.15) is 0 Å². The minimum absolute atomic E-state index is 0.0132. The van der Waals surface area contributed by atoms with Crippen molar-refractivity contribution in [3.05, 3.63) is 69.7 Å². The van der Waals surface area contributed by atoms with E-state index in [-0.39, 0.29) is 11.8 Å². The second-order valence-electron chi connectivity index (χ2n) is 7.14. The molecule has 5 heteroatoms. The molecule has 0 radical (unpaired) electrons. The van der Waals surface area contributed by atoms with E-state index in [0.717, 1.165) is 29.3 Å². The largest absolute Gasteiger partial charge is 0.345 e. The first-order chi connectivity index (χ1) is 13.4. The zero-order chi connectivity index (χ0) is 20.5. The third-order valence-electron chi connectivity index (χ3n) is 4.73. The Morgan fingerprint density at radius 2 is 1.50 bits per heavy atom. The summed E-state index contributed by atoms with van der Waals surface area (Å²) >= 11 is 3.45. The van der Waals surface area contributed by atoms with Crippen molar-refractivity contribution >= 4 is 27.7 Å². The quantitative estimate of drug-likeness (QED) is 0.515. The highest BCUT2D eigenvalue weighted by Crippen LogP contribution is 2.14. The van der Waals surface area contributed by atoms with Crippen molar-refractivity contribution in [2.45, 2.75) is 39.2 Å². The topological polar surface area (TPSA) is 40.6 Å². The molecule has 0 spiro atoms. The van der Waals surface area contributed by atoms with Crippen molar-refractivity contribution in [3.63, 3.8) is 0 Å². The van der Waals surface area contributed by atoms with Gasteiger partial charge in [0.05, 0.1) is 0 Å². The Hall–Kier alpha value is -2.14. The van der Waals surface area contributed by atoms with Crippen molar-refractivity contribution < 1.29 is 9.59 Å². The van der Waals surface area contributed by atoms with Crippen molar-refractivity contribution in [3.8, 4) is 0 Å². The fraction of sp³-hybridized carbons (Fsp3) is 0.391. The smallest absolute Gasteiger partial charge is 0.253 e. The van der Waals surface area contributed by atoms with E-state index in [1.165, 1.54) is 5.56 Å². The highest BCUT2D eigenvalue weighted by atomic mass is 79.9. The lowest BCUT2D eigenvalue weighted by atomic mass is 10.1. The van der Waals surface area contributed by atoms with Gasteiger partial charge in [-0.25, -0.2) is 0 Å². The molecule has 0 unspecified atom stereocenters. The molecular formula is C23H29BrN2O2. The van der Waals surface area contributed by atoms with Gasteiger partial charge in [0.15, 0.2) is 0 Å². The molecule has 28 heavy (non-hydrogen) atoms. The molecule has 0 saturated heterocycles. The lowest BCUT2D eigenvalue weighted by Gasteiger charge is -2.21. The Morgan fingerprint density at radius 3 is 2.07 bits per heavy atom. The van der Waals surface area contributed by atoms with Crippen molar-refractivity contribution in [1.82, 2.24) is 9.80 Å². The van der Waals surface area contributed by atoms with Crippen LogP contribution in [0.2, 0.25) is 0 Å². The fourth-order valence-corrected chi connectivity index (χ4v) is 3.29. The summed E-state index contributed by atoms with van der Waals surface area (Å²) in [5.41, 5.74) is 3.01. The average molecular weight is 445 g/mol. The number of aryl methyl sites for hydroxylation is 1. The number of amides is 2. The van der Waals surface area contributed by atoms with Gasteiger partial charge < -0.3 is 9.80 Å². The van der Waals surface area contributed by atoms with Crippen LogP contribution in [-0.2, 0) is 17.8 Å². The average Bonchev–Trinajstić information content (AvgIpc) is 2.70. The zero-order valence-electron chi connectivity index (χ0n) is 17.0. The molecule has 0 aliphatic heterocycles. The molecule has 2 aromatic rings. The molecule has 0 bridgehead atoms. The second-order valence-corrected chi connectivity index (χ2v) is 8.05. The molecule has 0 N–H and O–H groups in total. The van der Waals surface area contributed by atoms with E-state index in [1.807, 2.05) is 36.1 Å². The Balaban J connectivity index is 1.80. The molecule has 0 aliphatic rings. The number of rotatable bonds is 9. The first kappa shape index (κ1) is 22.2. The van der Waals surface area contributed by atoms with E-state index < -0.39 is 0 Å². The number of halogens is 1. The van der Waals surface area contributed by atoms with Crippen LogP contribution in [0, 0.1) is 0 Å². The lowest BCUT2D eigenvalue weighted by molar-refractivity contribution is -0.131. The zero-order valence-corrected chi connectivity index (χ0v) is 18.5. The molecule has 0 heterocycles. The third-order valence-corrected chi connectivity index (χ3v) is 5.26. The normalized spacial score (nSPS) is 10.6. The van der Waals surface area contributed by atoms with Crippen LogP contribution in [0.25, 0.3) is 0 Å². The van der Waals surface area contributed by atoms with Crippen molar-refractivity contribution in [2.24, 2.45) is 0 Å². The van der Waals surface area contributed by atoms with Gasteiger partial charge in [0.2, 0.25) is 5.91 Å². The molecule has 150 valence electrons. The van der Waals surface area contributed by atoms with E-state index in [1.54, 1.807) is 19.0 Å². The van der Waals surface area contributed by atoms with Crippen LogP contribution < -0.4 is 0 Å². The maximum atomic E-state index is 12.6. The number of benzene rings is 2. The van der Waals surface area contributed by atoms with Gasteiger partial charge in [-0.1, -0.05) is 40.2 Å². The van der Waals surface area contributed by atoms with E-state index in [9.17, 15) is 9.59 Å². The van der Waals surface area contributed by atoms with Crippen molar-refractivity contribution in [2.75, 3.05) is 20.6 Å². The fourth-order valence-electron chi connectivity index (χ4n) is 3.02. The molecule has 0 fully saturated rings. The third kappa shape index (κ3) is 6.79. The summed E-state index contributed by atoms with van der Waals surface area (Å²) in [4.78, 5) is 28.0. The molecule has 0 aromatic heterocycles. The minimum Gasteiger partial charge on any atom is -0.345 e. The first-order valence-electron chi connectivity index (χ1n) is 9.73. The number of hydrogen-bond acceptors (Lipinski definition) is 2. The lowest BCUT2D eigenvalue weighted by Crippen LogP contribution is -2.30. The van der Waals surface area contributed by atoms with Crippen LogP contribution in [0.1, 0.15) is 47.7 Å². The summed E-state index contributed by atoms with van der Waals surface area (Å²) in [6.07, 6.45) is 3.46. The Bertz CT molecular complexity index is 770. The van der Waals surface area contributed by atoms with Crippen LogP contribution >= 0.6 is 15.9 Å². The molecular weight excluding hydrogens is 416 g/mol. The SMILES string of the molecule is CCN(Cc1ccc(C(=O)N(C)C)cc1)C(=O)CCCCc1ccc(Br)cc1. The summed E-state index contributed by atoms with van der Waals surface area (Å²) in [6, 6.07) is 15.9. The first-order valence-corrected chi connectivity index (χ1v) is 10.5. The molecule has 0 atom stereocenters. The molecule has 0 saturated carbocycles. The minimum atomic E-state index is -0.0132. The van der Waals surface area contributed by atoms with Crippen LogP contribution in [0.15, 0.2) is 53.0 Å². The summed E-state index contributed by atoms with van der Waals surface area (Å²) in [5.74, 6) is 0.174. The molecule has 0 aliphatic carbocycles. The molecule has 4 nitrogen and oxygen atoms in total. The van der Waals surface area contributed by atoms with Gasteiger partial charge in [0.25, 0.3) is 5.91 Å². The van der Waals surface area contributed by atoms with Gasteiger partial charge in [-0.05, 0) is 61.6 Å². The molecule has 2 amide bonds. The van der Waals surface area contributed by atoms with E-state index in [2.05, 4.69) is 40.2 Å². The monoisotopic (exact) mass is 444 g/mol. The maximum Gasteiger partial charge on any atom is 0.253 e. The van der Waals surface area contributed by atoms with E-state index in [0.29, 0.717) is 25.1 Å². The van der Waals surface area contributed by atoms with Gasteiger partial charge in [-0.15, -0.1) is 0 Å². The number of hydrogen-bond donors (Lipinski definition) is 0. The summed E-state index contributed by atoms with van der Waals surface area (Å²) in [6.45, 7) is 3.27. The van der Waals surface area contributed by atoms with Crippen molar-refractivity contribution in [1.29, 1.82) is 0 Å². The number of carbonyl (C=O) groups excluding carboxylic acids is 2. The highest BCUT2D eigenvalue weighted by molar-refractivity contribution is 9.10. The standard InChI is InChI=1S/C23H29BrN2O2/c1-4-26(17-19-9-13-20(14-10-19)23(28)25(2)3)22(27)8-6-5-7-18-11-15-21(24)16-12-18/h9-16H,4-8,17H2,1-3H3. The summed E-state index contributed by atoms with van der Waals surface area (Å²) in [7, 11) is 3.48. The Morgan fingerprint density at radius 1 is 0.893 bits per heavy atom. The molecule has 2 rings (SSSR count). The van der Waals surface area contributed by atoms with Crippen LogP contribution in [0.5, 0.6) is 0 Å². The second kappa shape index (κ2) is 11.0. The number of carbonyl (C=O) groups is 2. The van der Waals surface area contributed by atoms with Crippen LogP contribution in [0.4, 0.5) is 0 Å².